The molecular formula is C13H20ClNO2S. The number of halogens is 1. The van der Waals surface area contributed by atoms with E-state index in [-0.39, 0.29) is 0 Å². The van der Waals surface area contributed by atoms with Crippen LogP contribution in [-0.4, -0.2) is 25.8 Å². The molecule has 0 aliphatic rings. The topological polar surface area (TPSA) is 37.4 Å². The predicted octanol–water partition coefficient (Wildman–Crippen LogP) is 3.09. The molecule has 0 aliphatic carbocycles. The van der Waals surface area contributed by atoms with Gasteiger partial charge in [0.2, 0.25) is 10.0 Å². The summed E-state index contributed by atoms with van der Waals surface area (Å²) in [5.41, 5.74) is 0.818. The summed E-state index contributed by atoms with van der Waals surface area (Å²) >= 11 is 5.74. The Morgan fingerprint density at radius 1 is 1.33 bits per heavy atom. The minimum Gasteiger partial charge on any atom is -0.207 e. The van der Waals surface area contributed by atoms with Crippen LogP contribution in [0.15, 0.2) is 29.2 Å². The van der Waals surface area contributed by atoms with E-state index in [1.165, 1.54) is 4.31 Å². The number of sulfonamides is 1. The molecule has 18 heavy (non-hydrogen) atoms. The van der Waals surface area contributed by atoms with Gasteiger partial charge in [0.25, 0.3) is 0 Å². The highest BCUT2D eigenvalue weighted by atomic mass is 35.5. The number of hydrogen-bond acceptors (Lipinski definition) is 2. The number of hydrogen-bond donors (Lipinski definition) is 0. The van der Waals surface area contributed by atoms with Gasteiger partial charge in [-0.1, -0.05) is 32.9 Å². The van der Waals surface area contributed by atoms with Crippen molar-refractivity contribution in [2.24, 2.45) is 5.92 Å². The summed E-state index contributed by atoms with van der Waals surface area (Å²) in [6.45, 7) is 6.88. The van der Waals surface area contributed by atoms with Gasteiger partial charge in [-0.25, -0.2) is 8.42 Å². The van der Waals surface area contributed by atoms with Crippen LogP contribution in [0, 0.1) is 5.92 Å². The molecule has 5 heteroatoms. The van der Waals surface area contributed by atoms with Crippen LogP contribution in [0.1, 0.15) is 26.3 Å². The Morgan fingerprint density at radius 3 is 2.50 bits per heavy atom. The zero-order chi connectivity index (χ0) is 13.8. The predicted molar refractivity (Wildman–Crippen MR) is 75.3 cm³/mol. The molecule has 3 nitrogen and oxygen atoms in total. The second-order valence-corrected chi connectivity index (χ2v) is 6.84. The highest BCUT2D eigenvalue weighted by molar-refractivity contribution is 7.89. The standard InChI is InChI=1S/C13H20ClNO2S/c1-4-15(10-11(2)3)18(16,17)13-7-5-6-12(8-13)9-14/h5-8,11H,4,9-10H2,1-3H3. The molecule has 0 bridgehead atoms. The van der Waals surface area contributed by atoms with Crippen molar-refractivity contribution in [3.05, 3.63) is 29.8 Å². The van der Waals surface area contributed by atoms with Crippen molar-refractivity contribution in [2.75, 3.05) is 13.1 Å². The summed E-state index contributed by atoms with van der Waals surface area (Å²) in [5, 5.41) is 0. The lowest BCUT2D eigenvalue weighted by Crippen LogP contribution is -2.34. The number of benzene rings is 1. The molecule has 1 aromatic carbocycles. The molecule has 0 unspecified atom stereocenters. The molecule has 0 amide bonds. The summed E-state index contributed by atoms with van der Waals surface area (Å²) in [6, 6.07) is 6.82. The molecule has 0 saturated heterocycles. The number of nitrogens with zero attached hydrogens (tertiary/aromatic N) is 1. The Kier molecular flexibility index (Phi) is 5.63. The first kappa shape index (κ1) is 15.5. The quantitative estimate of drug-likeness (QED) is 0.755. The van der Waals surface area contributed by atoms with E-state index in [4.69, 9.17) is 11.6 Å². The largest absolute Gasteiger partial charge is 0.243 e. The molecule has 0 saturated carbocycles. The van der Waals surface area contributed by atoms with E-state index in [1.807, 2.05) is 26.8 Å². The van der Waals surface area contributed by atoms with Gasteiger partial charge in [-0.3, -0.25) is 0 Å². The highest BCUT2D eigenvalue weighted by Crippen LogP contribution is 2.19. The lowest BCUT2D eigenvalue weighted by atomic mass is 10.2. The Bertz CT molecular complexity index is 486. The van der Waals surface area contributed by atoms with Crippen molar-refractivity contribution in [1.29, 1.82) is 0 Å². The van der Waals surface area contributed by atoms with Crippen molar-refractivity contribution < 1.29 is 8.42 Å². The van der Waals surface area contributed by atoms with Crippen LogP contribution in [0.25, 0.3) is 0 Å². The molecule has 0 atom stereocenters. The zero-order valence-electron chi connectivity index (χ0n) is 11.1. The smallest absolute Gasteiger partial charge is 0.207 e. The summed E-state index contributed by atoms with van der Waals surface area (Å²) in [5.74, 6) is 0.621. The lowest BCUT2D eigenvalue weighted by molar-refractivity contribution is 0.381. The fourth-order valence-electron chi connectivity index (χ4n) is 1.74. The third-order valence-electron chi connectivity index (χ3n) is 2.61. The van der Waals surface area contributed by atoms with Crippen LogP contribution in [0.5, 0.6) is 0 Å². The highest BCUT2D eigenvalue weighted by Gasteiger charge is 2.23. The maximum absolute atomic E-state index is 12.4. The van der Waals surface area contributed by atoms with Gasteiger partial charge in [0.15, 0.2) is 0 Å². The minimum absolute atomic E-state index is 0.302. The van der Waals surface area contributed by atoms with Gasteiger partial charge >= 0.3 is 0 Å². The van der Waals surface area contributed by atoms with Crippen molar-refractivity contribution >= 4 is 21.6 Å². The molecule has 0 aromatic heterocycles. The van der Waals surface area contributed by atoms with E-state index < -0.39 is 10.0 Å². The second kappa shape index (κ2) is 6.55. The normalized spacial score (nSPS) is 12.3. The van der Waals surface area contributed by atoms with Gasteiger partial charge in [0.05, 0.1) is 4.90 Å². The molecule has 0 fully saturated rings. The number of rotatable bonds is 6. The summed E-state index contributed by atoms with van der Waals surface area (Å²) in [4.78, 5) is 0.322. The second-order valence-electron chi connectivity index (χ2n) is 4.63. The maximum atomic E-state index is 12.4. The molecule has 1 aromatic rings. The summed E-state index contributed by atoms with van der Waals surface area (Å²) in [7, 11) is -3.40. The maximum Gasteiger partial charge on any atom is 0.243 e. The Morgan fingerprint density at radius 2 is 2.00 bits per heavy atom. The third-order valence-corrected chi connectivity index (χ3v) is 4.86. The molecule has 0 aliphatic heterocycles. The first-order valence-corrected chi connectivity index (χ1v) is 8.04. The van der Waals surface area contributed by atoms with Crippen LogP contribution < -0.4 is 0 Å². The molecular weight excluding hydrogens is 270 g/mol. The van der Waals surface area contributed by atoms with Crippen molar-refractivity contribution in [3.8, 4) is 0 Å². The molecule has 0 N–H and O–H groups in total. The van der Waals surface area contributed by atoms with Crippen LogP contribution in [0.4, 0.5) is 0 Å². The van der Waals surface area contributed by atoms with Crippen LogP contribution in [0.3, 0.4) is 0 Å². The van der Waals surface area contributed by atoms with Gasteiger partial charge in [0, 0.05) is 19.0 Å². The van der Waals surface area contributed by atoms with Gasteiger partial charge in [-0.05, 0) is 23.6 Å². The van der Waals surface area contributed by atoms with Gasteiger partial charge < -0.3 is 0 Å². The zero-order valence-corrected chi connectivity index (χ0v) is 12.6. The fraction of sp³-hybridized carbons (Fsp3) is 0.538. The molecule has 0 spiro atoms. The van der Waals surface area contributed by atoms with Gasteiger partial charge in [-0.2, -0.15) is 4.31 Å². The Labute approximate surface area is 115 Å². The fourth-order valence-corrected chi connectivity index (χ4v) is 3.59. The van der Waals surface area contributed by atoms with E-state index in [0.717, 1.165) is 5.56 Å². The van der Waals surface area contributed by atoms with E-state index in [2.05, 4.69) is 0 Å². The Hall–Kier alpha value is -0.580. The molecule has 1 rings (SSSR count). The van der Waals surface area contributed by atoms with E-state index in [0.29, 0.717) is 29.8 Å². The van der Waals surface area contributed by atoms with Gasteiger partial charge in [0.1, 0.15) is 0 Å². The van der Waals surface area contributed by atoms with E-state index >= 15 is 0 Å². The van der Waals surface area contributed by atoms with E-state index in [1.54, 1.807) is 18.2 Å². The molecule has 102 valence electrons. The monoisotopic (exact) mass is 289 g/mol. The van der Waals surface area contributed by atoms with Crippen molar-refractivity contribution in [2.45, 2.75) is 31.5 Å². The summed E-state index contributed by atoms with van der Waals surface area (Å²) < 4.78 is 26.4. The van der Waals surface area contributed by atoms with E-state index in [9.17, 15) is 8.42 Å². The van der Waals surface area contributed by atoms with Crippen molar-refractivity contribution in [3.63, 3.8) is 0 Å². The average molecular weight is 290 g/mol. The lowest BCUT2D eigenvalue weighted by Gasteiger charge is -2.22. The molecule has 0 heterocycles. The van der Waals surface area contributed by atoms with Gasteiger partial charge in [-0.15, -0.1) is 11.6 Å². The third kappa shape index (κ3) is 3.70. The number of alkyl halides is 1. The SMILES string of the molecule is CCN(CC(C)C)S(=O)(=O)c1cccc(CCl)c1. The summed E-state index contributed by atoms with van der Waals surface area (Å²) in [6.07, 6.45) is 0. The minimum atomic E-state index is -3.40. The average Bonchev–Trinajstić information content (AvgIpc) is 2.35. The Balaban J connectivity index is 3.10. The van der Waals surface area contributed by atoms with Crippen molar-refractivity contribution in [1.82, 2.24) is 4.31 Å². The molecule has 0 radical (unpaired) electrons. The van der Waals surface area contributed by atoms with Crippen LogP contribution in [0.2, 0.25) is 0 Å². The first-order chi connectivity index (χ1) is 8.41. The first-order valence-electron chi connectivity index (χ1n) is 6.06. The van der Waals surface area contributed by atoms with Crippen LogP contribution in [-0.2, 0) is 15.9 Å². The van der Waals surface area contributed by atoms with Crippen LogP contribution >= 0.6 is 11.6 Å².